The van der Waals surface area contributed by atoms with Gasteiger partial charge >= 0.3 is 6.09 Å². The Bertz CT molecular complexity index is 387. The highest BCUT2D eigenvalue weighted by molar-refractivity contribution is 6.74. The molecule has 0 aromatic carbocycles. The molecule has 1 amide bonds. The summed E-state index contributed by atoms with van der Waals surface area (Å²) in [6.45, 7) is 13.3. The lowest BCUT2D eigenvalue weighted by Crippen LogP contribution is -2.49. The van der Waals surface area contributed by atoms with Gasteiger partial charge in [-0.05, 0) is 50.2 Å². The standard InChI is InChI=1S/C16H31NO3Si/c1-7-8-12-11-13(9-10-14(12)17-15(18)19)20-21(5,6)16(2,3)4/h7-8,12-14,17H,9-11H2,1-6H3,(H,18,19)/t12?,13-,14?/m1/s1. The fourth-order valence-electron chi connectivity index (χ4n) is 2.66. The lowest BCUT2D eigenvalue weighted by Gasteiger charge is -2.43. The van der Waals surface area contributed by atoms with Crippen LogP contribution in [0.4, 0.5) is 4.79 Å². The minimum atomic E-state index is -1.76. The first-order valence-electron chi connectivity index (χ1n) is 7.87. The van der Waals surface area contributed by atoms with E-state index in [2.05, 4.69) is 45.3 Å². The zero-order chi connectivity index (χ0) is 16.3. The molecule has 0 aromatic heterocycles. The summed E-state index contributed by atoms with van der Waals surface area (Å²) >= 11 is 0. The molecule has 1 aliphatic carbocycles. The quantitative estimate of drug-likeness (QED) is 0.598. The maximum absolute atomic E-state index is 10.9. The first-order chi connectivity index (χ1) is 9.56. The SMILES string of the molecule is CC=CC1C[C@H](O[Si](C)(C)C(C)(C)C)CCC1NC(=O)O. The van der Waals surface area contributed by atoms with Gasteiger partial charge in [0, 0.05) is 12.1 Å². The molecule has 0 aromatic rings. The first kappa shape index (κ1) is 18.2. The van der Waals surface area contributed by atoms with Crippen LogP contribution >= 0.6 is 0 Å². The Morgan fingerprint density at radius 2 is 1.95 bits per heavy atom. The van der Waals surface area contributed by atoms with Gasteiger partial charge in [-0.15, -0.1) is 0 Å². The van der Waals surface area contributed by atoms with Gasteiger partial charge in [0.2, 0.25) is 0 Å². The van der Waals surface area contributed by atoms with Crippen LogP contribution in [0.1, 0.15) is 47.0 Å². The second-order valence-electron chi connectivity index (χ2n) is 7.56. The van der Waals surface area contributed by atoms with Gasteiger partial charge in [-0.3, -0.25) is 0 Å². The van der Waals surface area contributed by atoms with Crippen LogP contribution in [0, 0.1) is 5.92 Å². The van der Waals surface area contributed by atoms with Gasteiger partial charge in [0.05, 0.1) is 0 Å². The molecule has 0 radical (unpaired) electrons. The molecule has 0 saturated heterocycles. The Labute approximate surface area is 130 Å². The number of amides is 1. The number of rotatable bonds is 4. The van der Waals surface area contributed by atoms with Crippen LogP contribution in [0.25, 0.3) is 0 Å². The topological polar surface area (TPSA) is 58.6 Å². The summed E-state index contributed by atoms with van der Waals surface area (Å²) < 4.78 is 6.50. The number of nitrogens with one attached hydrogen (secondary N) is 1. The van der Waals surface area contributed by atoms with Gasteiger partial charge in [-0.25, -0.2) is 4.79 Å². The van der Waals surface area contributed by atoms with Gasteiger partial charge in [0.1, 0.15) is 0 Å². The number of hydrogen-bond donors (Lipinski definition) is 2. The van der Waals surface area contributed by atoms with Crippen molar-refractivity contribution < 1.29 is 14.3 Å². The van der Waals surface area contributed by atoms with Gasteiger partial charge in [-0.1, -0.05) is 32.9 Å². The molecule has 0 heterocycles. The molecule has 4 nitrogen and oxygen atoms in total. The third-order valence-corrected chi connectivity index (χ3v) is 9.40. The highest BCUT2D eigenvalue weighted by Gasteiger charge is 2.41. The van der Waals surface area contributed by atoms with E-state index in [0.717, 1.165) is 19.3 Å². The first-order valence-corrected chi connectivity index (χ1v) is 10.8. The number of hydrogen-bond acceptors (Lipinski definition) is 2. The second-order valence-corrected chi connectivity index (χ2v) is 12.3. The maximum Gasteiger partial charge on any atom is 0.404 e. The average Bonchev–Trinajstić information content (AvgIpc) is 2.30. The Kier molecular flexibility index (Phi) is 6.05. The van der Waals surface area contributed by atoms with Crippen LogP contribution in [0.15, 0.2) is 12.2 Å². The molecule has 122 valence electrons. The third kappa shape index (κ3) is 5.15. The van der Waals surface area contributed by atoms with Crippen LogP contribution in [0.2, 0.25) is 18.1 Å². The Balaban J connectivity index is 2.72. The summed E-state index contributed by atoms with van der Waals surface area (Å²) in [4.78, 5) is 10.9. The van der Waals surface area contributed by atoms with Crippen molar-refractivity contribution in [2.24, 2.45) is 5.92 Å². The van der Waals surface area contributed by atoms with E-state index in [4.69, 9.17) is 9.53 Å². The van der Waals surface area contributed by atoms with Gasteiger partial charge in [-0.2, -0.15) is 0 Å². The predicted molar refractivity (Wildman–Crippen MR) is 89.2 cm³/mol. The molecule has 3 atom stereocenters. The molecule has 2 unspecified atom stereocenters. The van der Waals surface area contributed by atoms with E-state index in [1.54, 1.807) is 0 Å². The minimum absolute atomic E-state index is 0.0120. The van der Waals surface area contributed by atoms with Crippen molar-refractivity contribution in [1.82, 2.24) is 5.32 Å². The molecule has 0 spiro atoms. The lowest BCUT2D eigenvalue weighted by molar-refractivity contribution is 0.101. The molecule has 0 bridgehead atoms. The zero-order valence-electron chi connectivity index (χ0n) is 14.3. The number of carbonyl (C=O) groups is 1. The van der Waals surface area contributed by atoms with E-state index in [0.29, 0.717) is 0 Å². The summed E-state index contributed by atoms with van der Waals surface area (Å²) in [6, 6.07) is 0.0120. The molecular weight excluding hydrogens is 282 g/mol. The van der Waals surface area contributed by atoms with Crippen molar-refractivity contribution in [3.05, 3.63) is 12.2 Å². The molecule has 2 N–H and O–H groups in total. The fourth-order valence-corrected chi connectivity index (χ4v) is 4.06. The van der Waals surface area contributed by atoms with Crippen LogP contribution in [0.3, 0.4) is 0 Å². The van der Waals surface area contributed by atoms with Gasteiger partial charge in [0.15, 0.2) is 8.32 Å². The number of carboxylic acid groups (broad SMARTS) is 1. The van der Waals surface area contributed by atoms with Crippen LogP contribution in [-0.2, 0) is 4.43 Å². The molecule has 1 rings (SSSR count). The monoisotopic (exact) mass is 313 g/mol. The predicted octanol–water partition coefficient (Wildman–Crippen LogP) is 4.39. The minimum Gasteiger partial charge on any atom is -0.465 e. The Morgan fingerprint density at radius 1 is 1.33 bits per heavy atom. The van der Waals surface area contributed by atoms with Crippen molar-refractivity contribution in [3.8, 4) is 0 Å². The van der Waals surface area contributed by atoms with E-state index in [-0.39, 0.29) is 23.1 Å². The summed E-state index contributed by atoms with van der Waals surface area (Å²) in [5.41, 5.74) is 0. The van der Waals surface area contributed by atoms with Crippen LogP contribution in [-0.4, -0.2) is 31.7 Å². The molecule has 1 aliphatic rings. The van der Waals surface area contributed by atoms with Gasteiger partial charge < -0.3 is 14.8 Å². The van der Waals surface area contributed by atoms with E-state index >= 15 is 0 Å². The van der Waals surface area contributed by atoms with Crippen molar-refractivity contribution in [2.45, 2.75) is 77.2 Å². The fraction of sp³-hybridized carbons (Fsp3) is 0.812. The summed E-state index contributed by atoms with van der Waals surface area (Å²) in [5, 5.41) is 11.8. The van der Waals surface area contributed by atoms with Crippen molar-refractivity contribution in [1.29, 1.82) is 0 Å². The largest absolute Gasteiger partial charge is 0.465 e. The van der Waals surface area contributed by atoms with E-state index < -0.39 is 14.4 Å². The molecular formula is C16H31NO3Si. The van der Waals surface area contributed by atoms with Crippen LogP contribution < -0.4 is 5.32 Å². The van der Waals surface area contributed by atoms with Crippen molar-refractivity contribution >= 4 is 14.4 Å². The van der Waals surface area contributed by atoms with E-state index in [9.17, 15) is 4.79 Å². The van der Waals surface area contributed by atoms with E-state index in [1.165, 1.54) is 0 Å². The van der Waals surface area contributed by atoms with Crippen LogP contribution in [0.5, 0.6) is 0 Å². The summed E-state index contributed by atoms with van der Waals surface area (Å²) in [6.07, 6.45) is 6.13. The Hall–Kier alpha value is -0.813. The van der Waals surface area contributed by atoms with Crippen molar-refractivity contribution in [2.75, 3.05) is 0 Å². The highest BCUT2D eigenvalue weighted by atomic mass is 28.4. The molecule has 5 heteroatoms. The molecule has 1 saturated carbocycles. The lowest BCUT2D eigenvalue weighted by atomic mass is 9.82. The summed E-state index contributed by atoms with van der Waals surface area (Å²) in [7, 11) is -1.76. The second kappa shape index (κ2) is 6.96. The van der Waals surface area contributed by atoms with E-state index in [1.807, 2.05) is 13.0 Å². The van der Waals surface area contributed by atoms with Gasteiger partial charge in [0.25, 0.3) is 0 Å². The van der Waals surface area contributed by atoms with Crippen molar-refractivity contribution in [3.63, 3.8) is 0 Å². The highest BCUT2D eigenvalue weighted by Crippen LogP contribution is 2.40. The maximum atomic E-state index is 10.9. The average molecular weight is 314 g/mol. The normalized spacial score (nSPS) is 27.8. The zero-order valence-corrected chi connectivity index (χ0v) is 15.3. The number of allylic oxidation sites excluding steroid dienone is 1. The Morgan fingerprint density at radius 3 is 2.43 bits per heavy atom. The smallest absolute Gasteiger partial charge is 0.404 e. The molecule has 0 aliphatic heterocycles. The molecule has 1 fully saturated rings. The summed E-state index contributed by atoms with van der Waals surface area (Å²) in [5.74, 6) is 0.231. The third-order valence-electron chi connectivity index (χ3n) is 4.87. The molecule has 21 heavy (non-hydrogen) atoms.